The molecular formula is C2H6O5S2. The minimum absolute atomic E-state index is 0.696. The topological polar surface area (TPSA) is 80.7 Å². The van der Waals surface area contributed by atoms with Gasteiger partial charge in [0.2, 0.25) is 0 Å². The van der Waals surface area contributed by atoms with E-state index in [9.17, 15) is 12.6 Å². The first-order chi connectivity index (χ1) is 3.92. The lowest BCUT2D eigenvalue weighted by atomic mass is 11.7. The van der Waals surface area contributed by atoms with Crippen molar-refractivity contribution in [3.63, 3.8) is 0 Å². The van der Waals surface area contributed by atoms with E-state index in [-0.39, 0.29) is 0 Å². The SMILES string of the molecule is CS(=O)(=O)OCS(=O)O. The summed E-state index contributed by atoms with van der Waals surface area (Å²) in [5.74, 6) is -0.696. The molecule has 1 unspecified atom stereocenters. The van der Waals surface area contributed by atoms with Gasteiger partial charge in [-0.3, -0.25) is 4.18 Å². The second kappa shape index (κ2) is 3.25. The van der Waals surface area contributed by atoms with Crippen LogP contribution in [0.4, 0.5) is 0 Å². The molecule has 1 N–H and O–H groups in total. The quantitative estimate of drug-likeness (QED) is 0.445. The summed E-state index contributed by atoms with van der Waals surface area (Å²) in [6, 6.07) is 0. The summed E-state index contributed by atoms with van der Waals surface area (Å²) in [6.45, 7) is 0. The normalized spacial score (nSPS) is 15.3. The van der Waals surface area contributed by atoms with E-state index in [0.29, 0.717) is 0 Å². The lowest BCUT2D eigenvalue weighted by Gasteiger charge is -1.93. The van der Waals surface area contributed by atoms with E-state index in [4.69, 9.17) is 4.55 Å². The third kappa shape index (κ3) is 8.02. The van der Waals surface area contributed by atoms with Crippen molar-refractivity contribution < 1.29 is 21.4 Å². The standard InChI is InChI=1S/C2H6O5S2/c1-9(5,6)7-2-8(3)4/h2H2,1H3,(H,3,4). The Balaban J connectivity index is 3.67. The van der Waals surface area contributed by atoms with Crippen LogP contribution < -0.4 is 0 Å². The number of rotatable bonds is 3. The summed E-state index contributed by atoms with van der Waals surface area (Å²) in [5.41, 5.74) is 0. The molecular weight excluding hydrogens is 168 g/mol. The zero-order valence-corrected chi connectivity index (χ0v) is 6.24. The van der Waals surface area contributed by atoms with Crippen LogP contribution in [0.3, 0.4) is 0 Å². The molecule has 9 heavy (non-hydrogen) atoms. The molecule has 0 spiro atoms. The minimum Gasteiger partial charge on any atom is -0.304 e. The van der Waals surface area contributed by atoms with E-state index in [1.165, 1.54) is 0 Å². The third-order valence-electron chi connectivity index (χ3n) is 0.363. The van der Waals surface area contributed by atoms with Gasteiger partial charge in [-0.15, -0.1) is 0 Å². The van der Waals surface area contributed by atoms with Crippen LogP contribution >= 0.6 is 0 Å². The summed E-state index contributed by atoms with van der Waals surface area (Å²) in [7, 11) is -3.57. The molecule has 1 atom stereocenters. The van der Waals surface area contributed by atoms with Crippen molar-refractivity contribution in [3.05, 3.63) is 0 Å². The van der Waals surface area contributed by atoms with Gasteiger partial charge in [0, 0.05) is 0 Å². The number of hydrogen-bond acceptors (Lipinski definition) is 4. The van der Waals surface area contributed by atoms with Crippen LogP contribution in [0.5, 0.6) is 0 Å². The van der Waals surface area contributed by atoms with Gasteiger partial charge in [0.05, 0.1) is 6.26 Å². The van der Waals surface area contributed by atoms with Gasteiger partial charge < -0.3 is 4.55 Å². The Morgan fingerprint density at radius 1 is 1.67 bits per heavy atom. The van der Waals surface area contributed by atoms with Gasteiger partial charge in [0.15, 0.2) is 17.0 Å². The van der Waals surface area contributed by atoms with Crippen molar-refractivity contribution in [2.45, 2.75) is 0 Å². The summed E-state index contributed by atoms with van der Waals surface area (Å²) in [5, 5.41) is 0. The largest absolute Gasteiger partial charge is 0.304 e. The van der Waals surface area contributed by atoms with Gasteiger partial charge in [-0.25, -0.2) is 4.21 Å². The van der Waals surface area contributed by atoms with Crippen molar-refractivity contribution in [2.24, 2.45) is 0 Å². The first kappa shape index (κ1) is 9.02. The summed E-state index contributed by atoms with van der Waals surface area (Å²) in [6.07, 6.45) is 0.805. The van der Waals surface area contributed by atoms with Gasteiger partial charge in [-0.05, 0) is 0 Å². The first-order valence-electron chi connectivity index (χ1n) is 1.83. The number of hydrogen-bond donors (Lipinski definition) is 1. The second-order valence-electron chi connectivity index (χ2n) is 1.26. The molecule has 0 aromatic carbocycles. The Morgan fingerprint density at radius 3 is 2.22 bits per heavy atom. The van der Waals surface area contributed by atoms with Gasteiger partial charge in [0.25, 0.3) is 10.1 Å². The highest BCUT2D eigenvalue weighted by molar-refractivity contribution is 7.87. The minimum atomic E-state index is -3.57. The Bertz CT molecular complexity index is 191. The molecule has 7 heteroatoms. The maximum absolute atomic E-state index is 10.1. The van der Waals surface area contributed by atoms with Crippen LogP contribution in [-0.4, -0.2) is 29.4 Å². The fourth-order valence-electron chi connectivity index (χ4n) is 0.129. The van der Waals surface area contributed by atoms with Crippen LogP contribution in [0.2, 0.25) is 0 Å². The average molecular weight is 174 g/mol. The molecule has 0 saturated heterocycles. The van der Waals surface area contributed by atoms with Gasteiger partial charge >= 0.3 is 0 Å². The third-order valence-corrected chi connectivity index (χ3v) is 1.38. The second-order valence-corrected chi connectivity index (χ2v) is 3.78. The zero-order valence-electron chi connectivity index (χ0n) is 4.60. The van der Waals surface area contributed by atoms with E-state index < -0.39 is 27.1 Å². The molecule has 0 fully saturated rings. The van der Waals surface area contributed by atoms with E-state index >= 15 is 0 Å². The molecule has 0 heterocycles. The lowest BCUT2D eigenvalue weighted by Crippen LogP contribution is -2.07. The van der Waals surface area contributed by atoms with Crippen molar-refractivity contribution in [3.8, 4) is 0 Å². The van der Waals surface area contributed by atoms with Crippen LogP contribution in [0.15, 0.2) is 0 Å². The monoisotopic (exact) mass is 174 g/mol. The van der Waals surface area contributed by atoms with E-state index in [2.05, 4.69) is 4.18 Å². The highest BCUT2D eigenvalue weighted by Crippen LogP contribution is 1.86. The summed E-state index contributed by atoms with van der Waals surface area (Å²) < 4.78 is 41.8. The van der Waals surface area contributed by atoms with Gasteiger partial charge in [-0.2, -0.15) is 8.42 Å². The molecule has 0 aromatic heterocycles. The Labute approximate surface area is 55.4 Å². The first-order valence-corrected chi connectivity index (χ1v) is 4.93. The van der Waals surface area contributed by atoms with Crippen molar-refractivity contribution in [1.29, 1.82) is 0 Å². The Morgan fingerprint density at radius 2 is 2.11 bits per heavy atom. The highest BCUT2D eigenvalue weighted by atomic mass is 32.2. The molecule has 5 nitrogen and oxygen atoms in total. The zero-order chi connectivity index (χ0) is 7.49. The molecule has 0 aliphatic rings. The summed E-state index contributed by atoms with van der Waals surface area (Å²) in [4.78, 5) is 0. The smallest absolute Gasteiger partial charge is 0.265 e. The van der Waals surface area contributed by atoms with Crippen LogP contribution in [-0.2, 0) is 25.4 Å². The summed E-state index contributed by atoms with van der Waals surface area (Å²) >= 11 is -2.21. The van der Waals surface area contributed by atoms with E-state index in [1.54, 1.807) is 0 Å². The molecule has 56 valence electrons. The Hall–Kier alpha value is 0.0200. The molecule has 0 aromatic rings. The molecule has 0 aliphatic carbocycles. The van der Waals surface area contributed by atoms with Crippen LogP contribution in [0.1, 0.15) is 0 Å². The predicted molar refractivity (Wildman–Crippen MR) is 31.6 cm³/mol. The maximum Gasteiger partial charge on any atom is 0.265 e. The van der Waals surface area contributed by atoms with Crippen molar-refractivity contribution >= 4 is 21.2 Å². The van der Waals surface area contributed by atoms with E-state index in [0.717, 1.165) is 6.26 Å². The van der Waals surface area contributed by atoms with Crippen LogP contribution in [0.25, 0.3) is 0 Å². The molecule has 0 bridgehead atoms. The van der Waals surface area contributed by atoms with Crippen molar-refractivity contribution in [1.82, 2.24) is 0 Å². The van der Waals surface area contributed by atoms with Crippen molar-refractivity contribution in [2.75, 3.05) is 12.2 Å². The fraction of sp³-hybridized carbons (Fsp3) is 1.00. The van der Waals surface area contributed by atoms with E-state index in [1.807, 2.05) is 0 Å². The molecule has 0 amide bonds. The molecule has 0 rings (SSSR count). The highest BCUT2D eigenvalue weighted by Gasteiger charge is 2.02. The molecule has 0 saturated carbocycles. The predicted octanol–water partition coefficient (Wildman–Crippen LogP) is -0.858. The average Bonchev–Trinajstić information content (AvgIpc) is 1.59. The van der Waals surface area contributed by atoms with Gasteiger partial charge in [0.1, 0.15) is 0 Å². The molecule has 0 radical (unpaired) electrons. The fourth-order valence-corrected chi connectivity index (χ4v) is 1.16. The van der Waals surface area contributed by atoms with Crippen LogP contribution in [0, 0.1) is 0 Å². The maximum atomic E-state index is 10.1. The lowest BCUT2D eigenvalue weighted by molar-refractivity contribution is 0.369. The Kier molecular flexibility index (Phi) is 3.26. The van der Waals surface area contributed by atoms with Gasteiger partial charge in [-0.1, -0.05) is 0 Å². The molecule has 0 aliphatic heterocycles.